The summed E-state index contributed by atoms with van der Waals surface area (Å²) in [5.74, 6) is 0. The molecule has 0 aromatic carbocycles. The van der Waals surface area contributed by atoms with E-state index in [4.69, 9.17) is 0 Å². The van der Waals surface area contributed by atoms with E-state index >= 15 is 0 Å². The lowest BCUT2D eigenvalue weighted by Crippen LogP contribution is -2.59. The summed E-state index contributed by atoms with van der Waals surface area (Å²) in [5.41, 5.74) is 0. The minimum absolute atomic E-state index is 0.284. The Kier molecular flexibility index (Phi) is 5.42. The lowest BCUT2D eigenvalue weighted by Gasteiger charge is -2.26. The molecule has 0 unspecified atom stereocenters. The number of amides is 6. The van der Waals surface area contributed by atoms with Gasteiger partial charge in [-0.25, -0.2) is 14.4 Å². The highest BCUT2D eigenvalue weighted by molar-refractivity contribution is 5.82. The molecule has 1 rings (SSSR count). The zero-order chi connectivity index (χ0) is 15.3. The van der Waals surface area contributed by atoms with Crippen molar-refractivity contribution in [2.75, 3.05) is 27.2 Å². The van der Waals surface area contributed by atoms with Crippen molar-refractivity contribution < 1.29 is 14.4 Å². The molecule has 1 aliphatic rings. The van der Waals surface area contributed by atoms with Gasteiger partial charge in [-0.3, -0.25) is 0 Å². The highest BCUT2D eigenvalue weighted by Crippen LogP contribution is 2.15. The molecule has 1 saturated heterocycles. The number of hydrogen-bond donors (Lipinski definition) is 4. The van der Waals surface area contributed by atoms with E-state index in [-0.39, 0.29) is 6.03 Å². The first kappa shape index (κ1) is 15.9. The molecule has 2 atom stereocenters. The Bertz CT molecular complexity index is 354. The van der Waals surface area contributed by atoms with Crippen LogP contribution in [0.5, 0.6) is 0 Å². The normalized spacial score (nSPS) is 21.7. The Balaban J connectivity index is 2.77. The second-order valence-corrected chi connectivity index (χ2v) is 4.40. The smallest absolute Gasteiger partial charge is 0.323 e. The molecule has 1 fully saturated rings. The molecule has 4 N–H and O–H groups in total. The summed E-state index contributed by atoms with van der Waals surface area (Å²) in [7, 11) is 3.13. The number of likely N-dealkylation sites (N-methyl/N-ethyl adjacent to an activating group) is 2. The van der Waals surface area contributed by atoms with E-state index in [0.29, 0.717) is 13.1 Å². The first-order valence-corrected chi connectivity index (χ1v) is 6.50. The predicted octanol–water partition coefficient (Wildman–Crippen LogP) is -0.726. The van der Waals surface area contributed by atoms with Crippen molar-refractivity contribution in [1.82, 2.24) is 31.1 Å². The second kappa shape index (κ2) is 6.83. The van der Waals surface area contributed by atoms with Crippen LogP contribution in [-0.4, -0.2) is 67.4 Å². The van der Waals surface area contributed by atoms with Gasteiger partial charge in [0.2, 0.25) is 0 Å². The van der Waals surface area contributed by atoms with Crippen molar-refractivity contribution in [3.63, 3.8) is 0 Å². The zero-order valence-electron chi connectivity index (χ0n) is 12.2. The van der Waals surface area contributed by atoms with E-state index in [1.807, 2.05) is 0 Å². The van der Waals surface area contributed by atoms with E-state index in [1.54, 1.807) is 27.9 Å². The van der Waals surface area contributed by atoms with Gasteiger partial charge < -0.3 is 31.1 Å². The number of carbonyl (C=O) groups excluding carboxylic acids is 3. The fourth-order valence-electron chi connectivity index (χ4n) is 1.95. The molecule has 1 aliphatic heterocycles. The second-order valence-electron chi connectivity index (χ2n) is 4.40. The van der Waals surface area contributed by atoms with Crippen LogP contribution in [0.3, 0.4) is 0 Å². The molecule has 114 valence electrons. The first-order chi connectivity index (χ1) is 9.42. The summed E-state index contributed by atoms with van der Waals surface area (Å²) in [4.78, 5) is 37.9. The van der Waals surface area contributed by atoms with Gasteiger partial charge in [0.1, 0.15) is 12.3 Å². The molecule has 0 radical (unpaired) electrons. The lowest BCUT2D eigenvalue weighted by atomic mass is 10.3. The topological polar surface area (TPSA) is 106 Å². The fourth-order valence-corrected chi connectivity index (χ4v) is 1.95. The number of nitrogens with one attached hydrogen (secondary N) is 4. The summed E-state index contributed by atoms with van der Waals surface area (Å²) in [6, 6.07) is -1.07. The van der Waals surface area contributed by atoms with Gasteiger partial charge in [0.15, 0.2) is 0 Å². The molecular formula is C11H22N6O3. The van der Waals surface area contributed by atoms with Gasteiger partial charge in [0, 0.05) is 27.2 Å². The van der Waals surface area contributed by atoms with Gasteiger partial charge in [-0.2, -0.15) is 0 Å². The van der Waals surface area contributed by atoms with Crippen LogP contribution in [0.2, 0.25) is 0 Å². The van der Waals surface area contributed by atoms with Crippen LogP contribution in [0.15, 0.2) is 0 Å². The average Bonchev–Trinajstić information content (AvgIpc) is 2.57. The fraction of sp³-hybridized carbons (Fsp3) is 0.727. The standard InChI is InChI=1S/C11H22N6O3/c1-5-12-9(18)14-7-8(15-10(19)13-6-2)17(4)11(20)16(7)3/h7-8H,5-6H2,1-4H3,(H2,12,14,18)(H2,13,15,19)/t7-,8+. The molecule has 0 aliphatic carbocycles. The maximum Gasteiger partial charge on any atom is 0.323 e. The number of carbonyl (C=O) groups is 3. The van der Waals surface area contributed by atoms with E-state index in [1.165, 1.54) is 9.80 Å². The Hall–Kier alpha value is -2.19. The van der Waals surface area contributed by atoms with Gasteiger partial charge >= 0.3 is 18.1 Å². The van der Waals surface area contributed by atoms with Gasteiger partial charge in [0.05, 0.1) is 0 Å². The van der Waals surface area contributed by atoms with Gasteiger partial charge in [0.25, 0.3) is 0 Å². The molecule has 0 aromatic heterocycles. The minimum Gasteiger partial charge on any atom is -0.338 e. The van der Waals surface area contributed by atoms with Crippen LogP contribution in [-0.2, 0) is 0 Å². The maximum absolute atomic E-state index is 11.9. The number of urea groups is 3. The van der Waals surface area contributed by atoms with Crippen LogP contribution in [0.4, 0.5) is 14.4 Å². The third-order valence-corrected chi connectivity index (χ3v) is 2.97. The van der Waals surface area contributed by atoms with E-state index in [2.05, 4.69) is 21.3 Å². The molecule has 20 heavy (non-hydrogen) atoms. The Morgan fingerprint density at radius 3 is 1.60 bits per heavy atom. The minimum atomic E-state index is -0.637. The Labute approximate surface area is 118 Å². The molecule has 0 aromatic rings. The monoisotopic (exact) mass is 286 g/mol. The van der Waals surface area contributed by atoms with E-state index in [0.717, 1.165) is 0 Å². The molecule has 0 saturated carbocycles. The average molecular weight is 286 g/mol. The van der Waals surface area contributed by atoms with Gasteiger partial charge in [-0.05, 0) is 13.8 Å². The SMILES string of the molecule is CCNC(=O)N[C@@H]1[C@H](NC(=O)NCC)N(C)C(=O)N1C. The summed E-state index contributed by atoms with van der Waals surface area (Å²) in [6.45, 7) is 4.53. The maximum atomic E-state index is 11.9. The number of rotatable bonds is 4. The summed E-state index contributed by atoms with van der Waals surface area (Å²) < 4.78 is 0. The highest BCUT2D eigenvalue weighted by Gasteiger charge is 2.43. The number of hydrogen-bond acceptors (Lipinski definition) is 3. The van der Waals surface area contributed by atoms with Crippen LogP contribution in [0.25, 0.3) is 0 Å². The Morgan fingerprint density at radius 1 is 0.950 bits per heavy atom. The third kappa shape index (κ3) is 3.43. The van der Waals surface area contributed by atoms with Crippen molar-refractivity contribution in [2.24, 2.45) is 0 Å². The zero-order valence-corrected chi connectivity index (χ0v) is 12.2. The summed E-state index contributed by atoms with van der Waals surface area (Å²) in [6.07, 6.45) is -1.27. The third-order valence-electron chi connectivity index (χ3n) is 2.97. The largest absolute Gasteiger partial charge is 0.338 e. The van der Waals surface area contributed by atoms with Crippen molar-refractivity contribution in [2.45, 2.75) is 26.2 Å². The number of nitrogens with zero attached hydrogens (tertiary/aromatic N) is 2. The van der Waals surface area contributed by atoms with Crippen molar-refractivity contribution in [1.29, 1.82) is 0 Å². The lowest BCUT2D eigenvalue weighted by molar-refractivity contribution is 0.194. The molecule has 6 amide bonds. The highest BCUT2D eigenvalue weighted by atomic mass is 16.2. The molecule has 9 heteroatoms. The van der Waals surface area contributed by atoms with Crippen molar-refractivity contribution in [3.8, 4) is 0 Å². The quantitative estimate of drug-likeness (QED) is 0.547. The summed E-state index contributed by atoms with van der Waals surface area (Å²) in [5, 5.41) is 10.5. The van der Waals surface area contributed by atoms with Crippen LogP contribution < -0.4 is 21.3 Å². The Morgan fingerprint density at radius 2 is 1.30 bits per heavy atom. The van der Waals surface area contributed by atoms with Gasteiger partial charge in [-0.15, -0.1) is 0 Å². The van der Waals surface area contributed by atoms with Crippen LogP contribution >= 0.6 is 0 Å². The molecular weight excluding hydrogens is 264 g/mol. The predicted molar refractivity (Wildman–Crippen MR) is 72.9 cm³/mol. The van der Waals surface area contributed by atoms with Crippen molar-refractivity contribution >= 4 is 18.1 Å². The summed E-state index contributed by atoms with van der Waals surface area (Å²) >= 11 is 0. The molecule has 0 spiro atoms. The van der Waals surface area contributed by atoms with Crippen LogP contribution in [0.1, 0.15) is 13.8 Å². The molecule has 9 nitrogen and oxygen atoms in total. The van der Waals surface area contributed by atoms with Gasteiger partial charge in [-0.1, -0.05) is 0 Å². The van der Waals surface area contributed by atoms with Crippen molar-refractivity contribution in [3.05, 3.63) is 0 Å². The van der Waals surface area contributed by atoms with E-state index < -0.39 is 24.4 Å². The molecule has 1 heterocycles. The van der Waals surface area contributed by atoms with E-state index in [9.17, 15) is 14.4 Å². The first-order valence-electron chi connectivity index (χ1n) is 6.50. The molecule has 0 bridgehead atoms. The van der Waals surface area contributed by atoms with Crippen LogP contribution in [0, 0.1) is 0 Å².